The summed E-state index contributed by atoms with van der Waals surface area (Å²) in [6, 6.07) is 14.6. The quantitative estimate of drug-likeness (QED) is 0.699. The molecule has 0 spiro atoms. The lowest BCUT2D eigenvalue weighted by Crippen LogP contribution is -2.61. The Morgan fingerprint density at radius 2 is 1.73 bits per heavy atom. The minimum absolute atomic E-state index is 0.0238. The van der Waals surface area contributed by atoms with Crippen molar-refractivity contribution < 1.29 is 14.7 Å². The number of aliphatic hydroxyl groups is 1. The van der Waals surface area contributed by atoms with E-state index in [0.717, 1.165) is 37.7 Å². The van der Waals surface area contributed by atoms with Crippen LogP contribution < -0.4 is 5.32 Å². The first-order valence-corrected chi connectivity index (χ1v) is 11.2. The predicted octanol–water partition coefficient (Wildman–Crippen LogP) is 4.43. The summed E-state index contributed by atoms with van der Waals surface area (Å²) < 4.78 is 0. The highest BCUT2D eigenvalue weighted by Gasteiger charge is 2.55. The molecule has 2 unspecified atom stereocenters. The molecule has 5 heteroatoms. The molecule has 4 nitrogen and oxygen atoms in total. The Morgan fingerprint density at radius 3 is 2.37 bits per heavy atom. The zero-order chi connectivity index (χ0) is 20.9. The average molecular weight is 424 g/mol. The van der Waals surface area contributed by atoms with Gasteiger partial charge in [0, 0.05) is 18.0 Å². The molecule has 4 aliphatic rings. The molecule has 4 bridgehead atoms. The van der Waals surface area contributed by atoms with Crippen LogP contribution in [0.25, 0.3) is 0 Å². The van der Waals surface area contributed by atoms with Gasteiger partial charge in [-0.2, -0.15) is 0 Å². The van der Waals surface area contributed by atoms with Crippen molar-refractivity contribution in [2.45, 2.75) is 50.2 Å². The summed E-state index contributed by atoms with van der Waals surface area (Å²) in [5.74, 6) is 1.07. The zero-order valence-electron chi connectivity index (χ0n) is 16.8. The van der Waals surface area contributed by atoms with Gasteiger partial charge in [-0.15, -0.1) is 0 Å². The highest BCUT2D eigenvalue weighted by molar-refractivity contribution is 6.34. The molecule has 2 atom stereocenters. The second kappa shape index (κ2) is 7.51. The number of amides is 1. The van der Waals surface area contributed by atoms with Crippen molar-refractivity contribution in [2.24, 2.45) is 17.8 Å². The lowest BCUT2D eigenvalue weighted by Gasteiger charge is -2.58. The van der Waals surface area contributed by atoms with Gasteiger partial charge in [0.25, 0.3) is 5.91 Å². The van der Waals surface area contributed by atoms with Crippen molar-refractivity contribution >= 4 is 23.3 Å². The third-order valence-corrected chi connectivity index (χ3v) is 7.59. The van der Waals surface area contributed by atoms with Gasteiger partial charge in [-0.05, 0) is 67.6 Å². The number of nitrogens with one attached hydrogen (secondary N) is 1. The van der Waals surface area contributed by atoms with Crippen molar-refractivity contribution in [2.75, 3.05) is 0 Å². The van der Waals surface area contributed by atoms with Crippen LogP contribution in [0.1, 0.15) is 58.4 Å². The summed E-state index contributed by atoms with van der Waals surface area (Å²) in [6.45, 7) is 0. The van der Waals surface area contributed by atoms with Crippen molar-refractivity contribution in [3.63, 3.8) is 0 Å². The van der Waals surface area contributed by atoms with Gasteiger partial charge >= 0.3 is 0 Å². The lowest BCUT2D eigenvalue weighted by molar-refractivity contribution is -0.136. The van der Waals surface area contributed by atoms with Gasteiger partial charge in [0.2, 0.25) is 0 Å². The van der Waals surface area contributed by atoms with Crippen LogP contribution in [0, 0.1) is 17.8 Å². The summed E-state index contributed by atoms with van der Waals surface area (Å²) in [5.41, 5.74) is 1.34. The second-order valence-electron chi connectivity index (χ2n) is 9.47. The molecule has 0 aliphatic heterocycles. The van der Waals surface area contributed by atoms with Crippen LogP contribution in [0.2, 0.25) is 5.02 Å². The van der Waals surface area contributed by atoms with E-state index in [1.54, 1.807) is 18.2 Å². The molecule has 2 N–H and O–H groups in total. The molecular formula is C25H26ClNO3. The molecule has 0 saturated heterocycles. The molecule has 4 saturated carbocycles. The average Bonchev–Trinajstić information content (AvgIpc) is 2.70. The number of benzene rings is 2. The van der Waals surface area contributed by atoms with E-state index in [-0.39, 0.29) is 17.7 Å². The molecule has 2 aromatic rings. The lowest BCUT2D eigenvalue weighted by atomic mass is 9.52. The molecule has 0 radical (unpaired) electrons. The van der Waals surface area contributed by atoms with Crippen molar-refractivity contribution in [1.29, 1.82) is 0 Å². The fourth-order valence-electron chi connectivity index (χ4n) is 6.20. The van der Waals surface area contributed by atoms with E-state index < -0.39 is 5.60 Å². The summed E-state index contributed by atoms with van der Waals surface area (Å²) in [7, 11) is 0. The number of hydrogen-bond acceptors (Lipinski definition) is 3. The Morgan fingerprint density at radius 1 is 1.03 bits per heavy atom. The molecule has 0 aromatic heterocycles. The minimum atomic E-state index is -0.518. The number of hydrogen-bond donors (Lipinski definition) is 2. The SMILES string of the molecule is O=C(Cc1ccccc1)c1ccc(C(=O)N[C@H]2C3CC4CC2C[C@](O)(C4)C3)c(Cl)c1. The van der Waals surface area contributed by atoms with E-state index in [9.17, 15) is 14.7 Å². The first kappa shape index (κ1) is 19.8. The van der Waals surface area contributed by atoms with Crippen LogP contribution in [0.3, 0.4) is 0 Å². The van der Waals surface area contributed by atoms with Gasteiger partial charge in [0.05, 0.1) is 16.2 Å². The largest absolute Gasteiger partial charge is 0.390 e. The van der Waals surface area contributed by atoms with Crippen molar-refractivity contribution in [1.82, 2.24) is 5.32 Å². The molecule has 156 valence electrons. The number of rotatable bonds is 5. The van der Waals surface area contributed by atoms with Gasteiger partial charge in [0.15, 0.2) is 5.78 Å². The van der Waals surface area contributed by atoms with Gasteiger partial charge in [-0.3, -0.25) is 9.59 Å². The third kappa shape index (κ3) is 3.67. The minimum Gasteiger partial charge on any atom is -0.390 e. The highest BCUT2D eigenvalue weighted by Crippen LogP contribution is 2.55. The summed E-state index contributed by atoms with van der Waals surface area (Å²) in [6.07, 6.45) is 4.97. The van der Waals surface area contributed by atoms with Crippen LogP contribution in [-0.4, -0.2) is 28.4 Å². The predicted molar refractivity (Wildman–Crippen MR) is 116 cm³/mol. The molecule has 4 aliphatic carbocycles. The van der Waals surface area contributed by atoms with Crippen LogP contribution in [-0.2, 0) is 6.42 Å². The zero-order valence-corrected chi connectivity index (χ0v) is 17.6. The Kier molecular flexibility index (Phi) is 4.95. The maximum atomic E-state index is 13.0. The fourth-order valence-corrected chi connectivity index (χ4v) is 6.47. The van der Waals surface area contributed by atoms with Gasteiger partial charge in [-0.1, -0.05) is 48.0 Å². The number of ketones is 1. The van der Waals surface area contributed by atoms with Gasteiger partial charge in [-0.25, -0.2) is 0 Å². The van der Waals surface area contributed by atoms with E-state index in [0.29, 0.717) is 40.3 Å². The monoisotopic (exact) mass is 423 g/mol. The number of carbonyl (C=O) groups is 2. The molecule has 1 amide bonds. The van der Waals surface area contributed by atoms with Crippen molar-refractivity contribution in [3.8, 4) is 0 Å². The molecule has 30 heavy (non-hydrogen) atoms. The number of halogens is 1. The van der Waals surface area contributed by atoms with E-state index in [1.807, 2.05) is 30.3 Å². The van der Waals surface area contributed by atoms with Crippen LogP contribution in [0.4, 0.5) is 0 Å². The summed E-state index contributed by atoms with van der Waals surface area (Å²) in [5, 5.41) is 14.2. The normalized spacial score (nSPS) is 31.5. The van der Waals surface area contributed by atoms with Crippen LogP contribution >= 0.6 is 11.6 Å². The number of Topliss-reactive ketones (excluding diaryl/α,β-unsaturated/α-hetero) is 1. The molecule has 4 fully saturated rings. The molecular weight excluding hydrogens is 398 g/mol. The molecule has 2 aromatic carbocycles. The van der Waals surface area contributed by atoms with E-state index in [4.69, 9.17) is 11.6 Å². The smallest absolute Gasteiger partial charge is 0.253 e. The Hall–Kier alpha value is -2.17. The molecule has 0 heterocycles. The Bertz CT molecular complexity index is 973. The Labute approximate surface area is 181 Å². The fraction of sp³-hybridized carbons (Fsp3) is 0.440. The maximum absolute atomic E-state index is 13.0. The third-order valence-electron chi connectivity index (χ3n) is 7.28. The second-order valence-corrected chi connectivity index (χ2v) is 9.88. The molecule has 6 rings (SSSR count). The van der Waals surface area contributed by atoms with E-state index in [1.165, 1.54) is 0 Å². The van der Waals surface area contributed by atoms with Gasteiger partial charge < -0.3 is 10.4 Å². The highest BCUT2D eigenvalue weighted by atomic mass is 35.5. The van der Waals surface area contributed by atoms with Crippen LogP contribution in [0.15, 0.2) is 48.5 Å². The van der Waals surface area contributed by atoms with E-state index in [2.05, 4.69) is 5.32 Å². The summed E-state index contributed by atoms with van der Waals surface area (Å²) >= 11 is 6.41. The van der Waals surface area contributed by atoms with Crippen molar-refractivity contribution in [3.05, 3.63) is 70.2 Å². The number of carbonyl (C=O) groups excluding carboxylic acids is 2. The first-order valence-electron chi connectivity index (χ1n) is 10.8. The Balaban J connectivity index is 1.28. The maximum Gasteiger partial charge on any atom is 0.253 e. The van der Waals surface area contributed by atoms with E-state index >= 15 is 0 Å². The standard InChI is InChI=1S/C25H26ClNO3/c26-21-11-17(22(28)10-15-4-2-1-3-5-15)6-7-20(21)24(29)27-23-18-8-16-9-19(23)14-25(30,12-16)13-18/h1-7,11,16,18-19,23,30H,8-10,12-14H2,(H,27,29)/t16?,18?,19?,23-,25-. The summed E-state index contributed by atoms with van der Waals surface area (Å²) in [4.78, 5) is 25.5. The first-order chi connectivity index (χ1) is 14.4. The van der Waals surface area contributed by atoms with Gasteiger partial charge in [0.1, 0.15) is 0 Å². The van der Waals surface area contributed by atoms with Crippen LogP contribution in [0.5, 0.6) is 0 Å². The topological polar surface area (TPSA) is 66.4 Å².